The average molecular weight is 374 g/mol. The number of hydrogen-bond acceptors (Lipinski definition) is 4. The molecule has 0 saturated heterocycles. The number of aryl methyl sites for hydroxylation is 1. The topological polar surface area (TPSA) is 71.6 Å². The Morgan fingerprint density at radius 2 is 1.88 bits per heavy atom. The highest BCUT2D eigenvalue weighted by Gasteiger charge is 2.15. The molecule has 0 aliphatic carbocycles. The van der Waals surface area contributed by atoms with Crippen LogP contribution in [0.4, 0.5) is 10.5 Å². The molecule has 6 nitrogen and oxygen atoms in total. The number of halogens is 1. The molecule has 1 aromatic rings. The molecule has 3 N–H and O–H groups in total. The van der Waals surface area contributed by atoms with Crippen LogP contribution in [0.5, 0.6) is 5.75 Å². The summed E-state index contributed by atoms with van der Waals surface area (Å²) >= 11 is 11.3. The lowest BCUT2D eigenvalue weighted by molar-refractivity contribution is 0.0529. The van der Waals surface area contributed by atoms with Crippen LogP contribution in [0.2, 0.25) is 5.02 Å². The summed E-state index contributed by atoms with van der Waals surface area (Å²) in [4.78, 5) is 11.5. The summed E-state index contributed by atoms with van der Waals surface area (Å²) in [6.07, 6.45) is -0.460. The van der Waals surface area contributed by atoms with Crippen LogP contribution in [-0.4, -0.2) is 37.0 Å². The Kier molecular flexibility index (Phi) is 7.57. The number of carbonyl (C=O) groups is 1. The van der Waals surface area contributed by atoms with Crippen LogP contribution in [0.25, 0.3) is 0 Å². The third-order valence-electron chi connectivity index (χ3n) is 2.81. The molecule has 1 rings (SSSR count). The lowest BCUT2D eigenvalue weighted by Gasteiger charge is -2.20. The van der Waals surface area contributed by atoms with Gasteiger partial charge in [0.25, 0.3) is 0 Å². The number of alkyl carbamates (subject to hydrolysis) is 1. The monoisotopic (exact) mass is 373 g/mol. The summed E-state index contributed by atoms with van der Waals surface area (Å²) in [6.45, 7) is 8.17. The summed E-state index contributed by atoms with van der Waals surface area (Å²) in [7, 11) is 1.56. The molecule has 0 spiro atoms. The van der Waals surface area contributed by atoms with Crippen LogP contribution in [0.15, 0.2) is 12.1 Å². The predicted octanol–water partition coefficient (Wildman–Crippen LogP) is 3.47. The van der Waals surface area contributed by atoms with Gasteiger partial charge in [-0.1, -0.05) is 11.6 Å². The number of anilines is 1. The number of amides is 1. The minimum atomic E-state index is -0.517. The van der Waals surface area contributed by atoms with Crippen LogP contribution in [0, 0.1) is 6.92 Å². The normalized spacial score (nSPS) is 10.8. The van der Waals surface area contributed by atoms with E-state index in [-0.39, 0.29) is 0 Å². The molecule has 0 bridgehead atoms. The van der Waals surface area contributed by atoms with Crippen molar-refractivity contribution in [1.29, 1.82) is 0 Å². The standard InChI is InChI=1S/C16H24ClN3O3S/c1-10-8-12(13(22-5)9-11(10)17)20-14(24)18-6-7-19-15(21)23-16(2,3)4/h8-9H,6-7H2,1-5H3,(H,19,21)(H2,18,20,24). The van der Waals surface area contributed by atoms with Gasteiger partial charge in [0.1, 0.15) is 11.4 Å². The van der Waals surface area contributed by atoms with Gasteiger partial charge in [-0.3, -0.25) is 0 Å². The molecular formula is C16H24ClN3O3S. The molecule has 1 aromatic carbocycles. The number of thiocarbonyl (C=S) groups is 1. The number of benzene rings is 1. The van der Waals surface area contributed by atoms with Gasteiger partial charge < -0.3 is 25.4 Å². The molecule has 1 amide bonds. The number of methoxy groups -OCH3 is 1. The lowest BCUT2D eigenvalue weighted by atomic mass is 10.2. The second kappa shape index (κ2) is 8.94. The first-order valence-electron chi connectivity index (χ1n) is 7.48. The molecule has 0 fully saturated rings. The maximum atomic E-state index is 11.5. The van der Waals surface area contributed by atoms with Crippen molar-refractivity contribution in [1.82, 2.24) is 10.6 Å². The molecule has 0 heterocycles. The Morgan fingerprint density at radius 1 is 1.25 bits per heavy atom. The minimum absolute atomic E-state index is 0.382. The van der Waals surface area contributed by atoms with E-state index in [2.05, 4.69) is 16.0 Å². The van der Waals surface area contributed by atoms with Gasteiger partial charge in [-0.2, -0.15) is 0 Å². The average Bonchev–Trinajstić information content (AvgIpc) is 2.45. The molecule has 0 saturated carbocycles. The maximum Gasteiger partial charge on any atom is 0.407 e. The number of hydrogen-bond donors (Lipinski definition) is 3. The smallest absolute Gasteiger partial charge is 0.407 e. The number of carbonyl (C=O) groups excluding carboxylic acids is 1. The minimum Gasteiger partial charge on any atom is -0.495 e. The number of nitrogens with one attached hydrogen (secondary N) is 3. The lowest BCUT2D eigenvalue weighted by Crippen LogP contribution is -2.39. The molecule has 134 valence electrons. The fourth-order valence-electron chi connectivity index (χ4n) is 1.75. The Morgan fingerprint density at radius 3 is 2.46 bits per heavy atom. The Labute approximate surface area is 153 Å². The van der Waals surface area contributed by atoms with Crippen molar-refractivity contribution in [3.8, 4) is 5.75 Å². The van der Waals surface area contributed by atoms with E-state index in [9.17, 15) is 4.79 Å². The largest absolute Gasteiger partial charge is 0.495 e. The zero-order chi connectivity index (χ0) is 18.3. The molecular weight excluding hydrogens is 350 g/mol. The first kappa shape index (κ1) is 20.3. The molecule has 0 atom stereocenters. The summed E-state index contributed by atoms with van der Waals surface area (Å²) in [5.74, 6) is 0.599. The third-order valence-corrected chi connectivity index (χ3v) is 3.46. The van der Waals surface area contributed by atoms with Gasteiger partial charge in [-0.25, -0.2) is 4.79 Å². The zero-order valence-corrected chi connectivity index (χ0v) is 16.2. The van der Waals surface area contributed by atoms with Crippen molar-refractivity contribution in [2.45, 2.75) is 33.3 Å². The maximum absolute atomic E-state index is 11.5. The number of rotatable bonds is 5. The summed E-state index contributed by atoms with van der Waals surface area (Å²) in [5, 5.41) is 9.73. The van der Waals surface area contributed by atoms with E-state index >= 15 is 0 Å². The van der Waals surface area contributed by atoms with Crippen LogP contribution in [-0.2, 0) is 4.74 Å². The highest BCUT2D eigenvalue weighted by Crippen LogP contribution is 2.30. The Balaban J connectivity index is 2.42. The van der Waals surface area contributed by atoms with E-state index in [0.29, 0.717) is 29.0 Å². The van der Waals surface area contributed by atoms with Crippen LogP contribution >= 0.6 is 23.8 Å². The van der Waals surface area contributed by atoms with Crippen molar-refractivity contribution in [2.75, 3.05) is 25.5 Å². The third kappa shape index (κ3) is 7.23. The molecule has 0 aliphatic rings. The van der Waals surface area contributed by atoms with E-state index in [1.54, 1.807) is 13.2 Å². The van der Waals surface area contributed by atoms with E-state index in [1.165, 1.54) is 0 Å². The molecule has 8 heteroatoms. The molecule has 0 radical (unpaired) electrons. The second-order valence-corrected chi connectivity index (χ2v) is 6.93. The zero-order valence-electron chi connectivity index (χ0n) is 14.6. The van der Waals surface area contributed by atoms with Crippen molar-refractivity contribution >= 4 is 40.7 Å². The Hall–Kier alpha value is -1.73. The Bertz CT molecular complexity index is 603. The van der Waals surface area contributed by atoms with Gasteiger partial charge in [0, 0.05) is 24.2 Å². The van der Waals surface area contributed by atoms with E-state index in [1.807, 2.05) is 33.8 Å². The first-order chi connectivity index (χ1) is 11.1. The van der Waals surface area contributed by atoms with E-state index < -0.39 is 11.7 Å². The summed E-state index contributed by atoms with van der Waals surface area (Å²) in [6, 6.07) is 3.58. The van der Waals surface area contributed by atoms with E-state index in [4.69, 9.17) is 33.3 Å². The van der Waals surface area contributed by atoms with E-state index in [0.717, 1.165) is 11.3 Å². The van der Waals surface area contributed by atoms with Gasteiger partial charge >= 0.3 is 6.09 Å². The fourth-order valence-corrected chi connectivity index (χ4v) is 2.12. The molecule has 0 aromatic heterocycles. The number of ether oxygens (including phenoxy) is 2. The van der Waals surface area contributed by atoms with Crippen molar-refractivity contribution in [3.63, 3.8) is 0 Å². The van der Waals surface area contributed by atoms with Crippen LogP contribution in [0.1, 0.15) is 26.3 Å². The van der Waals surface area contributed by atoms with Gasteiger partial charge in [0.05, 0.1) is 12.8 Å². The molecule has 0 unspecified atom stereocenters. The first-order valence-corrected chi connectivity index (χ1v) is 8.27. The van der Waals surface area contributed by atoms with Gasteiger partial charge in [0.2, 0.25) is 0 Å². The quantitative estimate of drug-likeness (QED) is 0.542. The van der Waals surface area contributed by atoms with Gasteiger partial charge in [-0.15, -0.1) is 0 Å². The highest BCUT2D eigenvalue weighted by atomic mass is 35.5. The molecule has 24 heavy (non-hydrogen) atoms. The fraction of sp³-hybridized carbons (Fsp3) is 0.500. The second-order valence-electron chi connectivity index (χ2n) is 6.11. The summed E-state index contributed by atoms with van der Waals surface area (Å²) < 4.78 is 10.4. The van der Waals surface area contributed by atoms with Crippen molar-refractivity contribution < 1.29 is 14.3 Å². The van der Waals surface area contributed by atoms with Crippen LogP contribution in [0.3, 0.4) is 0 Å². The summed E-state index contributed by atoms with van der Waals surface area (Å²) in [5.41, 5.74) is 1.11. The predicted molar refractivity (Wildman–Crippen MR) is 101 cm³/mol. The van der Waals surface area contributed by atoms with Gasteiger partial charge in [0.15, 0.2) is 5.11 Å². The van der Waals surface area contributed by atoms with Crippen molar-refractivity contribution in [3.05, 3.63) is 22.7 Å². The van der Waals surface area contributed by atoms with Crippen LogP contribution < -0.4 is 20.7 Å². The molecule has 0 aliphatic heterocycles. The SMILES string of the molecule is COc1cc(Cl)c(C)cc1NC(=S)NCCNC(=O)OC(C)(C)C. The highest BCUT2D eigenvalue weighted by molar-refractivity contribution is 7.80. The van der Waals surface area contributed by atoms with Gasteiger partial charge in [-0.05, 0) is 51.5 Å². The van der Waals surface area contributed by atoms with Crippen molar-refractivity contribution in [2.24, 2.45) is 0 Å².